The first kappa shape index (κ1) is 15.4. The van der Waals surface area contributed by atoms with Crippen LogP contribution in [0.2, 0.25) is 0 Å². The lowest BCUT2D eigenvalue weighted by atomic mass is 10.1. The molecule has 112 valence electrons. The average molecular weight is 295 g/mol. The molecule has 2 aromatic carbocycles. The number of ether oxygens (including phenoxy) is 1. The van der Waals surface area contributed by atoms with Gasteiger partial charge in [0.15, 0.2) is 17.5 Å². The molecule has 0 fully saturated rings. The van der Waals surface area contributed by atoms with Crippen molar-refractivity contribution < 1.29 is 17.9 Å². The predicted octanol–water partition coefficient (Wildman–Crippen LogP) is 3.96. The van der Waals surface area contributed by atoms with Crippen molar-refractivity contribution in [2.75, 3.05) is 7.11 Å². The average Bonchev–Trinajstić information content (AvgIpc) is 2.50. The van der Waals surface area contributed by atoms with Crippen LogP contribution in [0.15, 0.2) is 36.4 Å². The van der Waals surface area contributed by atoms with Crippen molar-refractivity contribution in [2.24, 2.45) is 0 Å². The van der Waals surface area contributed by atoms with Gasteiger partial charge in [0.25, 0.3) is 0 Å². The van der Waals surface area contributed by atoms with E-state index in [1.165, 1.54) is 0 Å². The van der Waals surface area contributed by atoms with E-state index in [1.54, 1.807) is 7.11 Å². The summed E-state index contributed by atoms with van der Waals surface area (Å²) in [5.41, 5.74) is 1.37. The molecule has 1 atom stereocenters. The van der Waals surface area contributed by atoms with E-state index in [0.29, 0.717) is 5.56 Å². The fourth-order valence-corrected chi connectivity index (χ4v) is 1.99. The number of halogens is 3. The molecule has 21 heavy (non-hydrogen) atoms. The normalized spacial score (nSPS) is 12.2. The van der Waals surface area contributed by atoms with Gasteiger partial charge in [0.1, 0.15) is 5.75 Å². The minimum atomic E-state index is -1.44. The Kier molecular flexibility index (Phi) is 4.85. The molecule has 2 rings (SSSR count). The molecule has 0 heterocycles. The highest BCUT2D eigenvalue weighted by molar-refractivity contribution is 5.29. The molecule has 0 saturated carbocycles. The zero-order valence-corrected chi connectivity index (χ0v) is 11.8. The summed E-state index contributed by atoms with van der Waals surface area (Å²) in [5.74, 6) is -3.04. The van der Waals surface area contributed by atoms with E-state index < -0.39 is 17.5 Å². The monoisotopic (exact) mass is 295 g/mol. The second-order valence-electron chi connectivity index (χ2n) is 4.75. The first-order valence-electron chi connectivity index (χ1n) is 6.52. The molecule has 5 heteroatoms. The molecule has 0 amide bonds. The van der Waals surface area contributed by atoms with Gasteiger partial charge in [0.05, 0.1) is 7.11 Å². The Morgan fingerprint density at radius 1 is 1.05 bits per heavy atom. The van der Waals surface area contributed by atoms with Gasteiger partial charge in [-0.1, -0.05) is 12.1 Å². The minimum absolute atomic E-state index is 0.0212. The first-order chi connectivity index (χ1) is 10.0. The van der Waals surface area contributed by atoms with Gasteiger partial charge in [-0.15, -0.1) is 0 Å². The third kappa shape index (κ3) is 3.76. The van der Waals surface area contributed by atoms with Crippen LogP contribution in [0.5, 0.6) is 5.75 Å². The second-order valence-corrected chi connectivity index (χ2v) is 4.75. The Morgan fingerprint density at radius 2 is 1.62 bits per heavy atom. The maximum absolute atomic E-state index is 13.1. The summed E-state index contributed by atoms with van der Waals surface area (Å²) in [6.07, 6.45) is 0. The fraction of sp³-hybridized carbons (Fsp3) is 0.250. The highest BCUT2D eigenvalue weighted by atomic mass is 19.2. The molecule has 0 aromatic heterocycles. The molecule has 0 spiro atoms. The number of hydrogen-bond acceptors (Lipinski definition) is 2. The second kappa shape index (κ2) is 6.63. The van der Waals surface area contributed by atoms with E-state index in [0.717, 1.165) is 23.4 Å². The molecule has 1 N–H and O–H groups in total. The van der Waals surface area contributed by atoms with Crippen molar-refractivity contribution in [2.45, 2.75) is 19.5 Å². The van der Waals surface area contributed by atoms with E-state index >= 15 is 0 Å². The molecule has 2 aromatic rings. The minimum Gasteiger partial charge on any atom is -0.497 e. The Balaban J connectivity index is 2.01. The van der Waals surface area contributed by atoms with Crippen LogP contribution in [0.1, 0.15) is 24.1 Å². The van der Waals surface area contributed by atoms with E-state index in [2.05, 4.69) is 5.32 Å². The Hall–Kier alpha value is -2.01. The van der Waals surface area contributed by atoms with Crippen LogP contribution >= 0.6 is 0 Å². The molecular weight excluding hydrogens is 279 g/mol. The topological polar surface area (TPSA) is 21.3 Å². The number of methoxy groups -OCH3 is 1. The number of hydrogen-bond donors (Lipinski definition) is 1. The van der Waals surface area contributed by atoms with Crippen LogP contribution in [-0.4, -0.2) is 7.11 Å². The summed E-state index contributed by atoms with van der Waals surface area (Å²) < 4.78 is 44.2. The third-order valence-electron chi connectivity index (χ3n) is 3.27. The standard InChI is InChI=1S/C16H16F3NO/c1-10(12-3-5-13(21-2)6-4-12)20-9-11-7-14(17)16(19)15(18)8-11/h3-8,10,20H,9H2,1-2H3. The van der Waals surface area contributed by atoms with Gasteiger partial charge in [0, 0.05) is 12.6 Å². The van der Waals surface area contributed by atoms with Crippen LogP contribution in [-0.2, 0) is 6.54 Å². The molecule has 1 unspecified atom stereocenters. The maximum Gasteiger partial charge on any atom is 0.194 e. The lowest BCUT2D eigenvalue weighted by Crippen LogP contribution is -2.18. The number of rotatable bonds is 5. The van der Waals surface area contributed by atoms with Crippen LogP contribution in [0.3, 0.4) is 0 Å². The van der Waals surface area contributed by atoms with E-state index in [4.69, 9.17) is 4.74 Å². The maximum atomic E-state index is 13.1. The largest absolute Gasteiger partial charge is 0.497 e. The van der Waals surface area contributed by atoms with Gasteiger partial charge in [0.2, 0.25) is 0 Å². The van der Waals surface area contributed by atoms with Crippen LogP contribution in [0, 0.1) is 17.5 Å². The molecule has 2 nitrogen and oxygen atoms in total. The predicted molar refractivity (Wildman–Crippen MR) is 74.6 cm³/mol. The Morgan fingerprint density at radius 3 is 2.14 bits per heavy atom. The highest BCUT2D eigenvalue weighted by Crippen LogP contribution is 2.18. The van der Waals surface area contributed by atoms with Crippen molar-refractivity contribution in [1.82, 2.24) is 5.32 Å². The lowest BCUT2D eigenvalue weighted by Gasteiger charge is -2.15. The SMILES string of the molecule is COc1ccc(C(C)NCc2cc(F)c(F)c(F)c2)cc1. The Bertz CT molecular complexity index is 590. The van der Waals surface area contributed by atoms with Crippen molar-refractivity contribution in [3.8, 4) is 5.75 Å². The summed E-state index contributed by atoms with van der Waals surface area (Å²) in [6, 6.07) is 9.45. The molecule has 0 bridgehead atoms. The van der Waals surface area contributed by atoms with Crippen LogP contribution < -0.4 is 10.1 Å². The number of nitrogens with one attached hydrogen (secondary N) is 1. The third-order valence-corrected chi connectivity index (χ3v) is 3.27. The van der Waals surface area contributed by atoms with E-state index in [-0.39, 0.29) is 12.6 Å². The van der Waals surface area contributed by atoms with E-state index in [1.807, 2.05) is 31.2 Å². The summed E-state index contributed by atoms with van der Waals surface area (Å²) in [5, 5.41) is 3.13. The quantitative estimate of drug-likeness (QED) is 0.843. The molecule has 0 saturated heterocycles. The highest BCUT2D eigenvalue weighted by Gasteiger charge is 2.11. The first-order valence-corrected chi connectivity index (χ1v) is 6.52. The summed E-state index contributed by atoms with van der Waals surface area (Å²) in [7, 11) is 1.59. The molecule has 0 aliphatic heterocycles. The van der Waals surface area contributed by atoms with Gasteiger partial charge in [-0.2, -0.15) is 0 Å². The lowest BCUT2D eigenvalue weighted by molar-refractivity contribution is 0.414. The zero-order valence-electron chi connectivity index (χ0n) is 11.8. The van der Waals surface area contributed by atoms with E-state index in [9.17, 15) is 13.2 Å². The number of benzene rings is 2. The van der Waals surface area contributed by atoms with Gasteiger partial charge in [-0.25, -0.2) is 13.2 Å². The van der Waals surface area contributed by atoms with Crippen molar-refractivity contribution in [3.05, 3.63) is 65.0 Å². The summed E-state index contributed by atoms with van der Waals surface area (Å²) in [4.78, 5) is 0. The van der Waals surface area contributed by atoms with Crippen molar-refractivity contribution >= 4 is 0 Å². The van der Waals surface area contributed by atoms with Crippen LogP contribution in [0.25, 0.3) is 0 Å². The summed E-state index contributed by atoms with van der Waals surface area (Å²) >= 11 is 0. The van der Waals surface area contributed by atoms with Crippen LogP contribution in [0.4, 0.5) is 13.2 Å². The van der Waals surface area contributed by atoms with Gasteiger partial charge >= 0.3 is 0 Å². The fourth-order valence-electron chi connectivity index (χ4n) is 1.99. The zero-order chi connectivity index (χ0) is 15.4. The molecule has 0 aliphatic rings. The van der Waals surface area contributed by atoms with Gasteiger partial charge < -0.3 is 10.1 Å². The molecular formula is C16H16F3NO. The smallest absolute Gasteiger partial charge is 0.194 e. The Labute approximate surface area is 121 Å². The summed E-state index contributed by atoms with van der Waals surface area (Å²) in [6.45, 7) is 2.17. The van der Waals surface area contributed by atoms with Gasteiger partial charge in [-0.3, -0.25) is 0 Å². The molecule has 0 aliphatic carbocycles. The molecule has 0 radical (unpaired) electrons. The van der Waals surface area contributed by atoms with Crippen molar-refractivity contribution in [1.29, 1.82) is 0 Å². The van der Waals surface area contributed by atoms with Gasteiger partial charge in [-0.05, 0) is 42.3 Å². The van der Waals surface area contributed by atoms with Crippen molar-refractivity contribution in [3.63, 3.8) is 0 Å².